The van der Waals surface area contributed by atoms with E-state index in [2.05, 4.69) is 13.8 Å². The minimum atomic E-state index is 0.506. The van der Waals surface area contributed by atoms with Crippen molar-refractivity contribution in [3.63, 3.8) is 0 Å². The second-order valence-corrected chi connectivity index (χ2v) is 7.52. The average molecular weight is 413 g/mol. The quantitative estimate of drug-likeness (QED) is 0.226. The van der Waals surface area contributed by atoms with Crippen LogP contribution in [0.5, 0.6) is 23.0 Å². The molecule has 0 heterocycles. The van der Waals surface area contributed by atoms with E-state index in [9.17, 15) is 4.79 Å². The minimum absolute atomic E-state index is 0.506. The molecule has 2 aromatic carbocycles. The Morgan fingerprint density at radius 2 is 1.50 bits per heavy atom. The van der Waals surface area contributed by atoms with Gasteiger partial charge in [0.2, 0.25) is 5.75 Å². The van der Waals surface area contributed by atoms with Gasteiger partial charge in [0.1, 0.15) is 5.75 Å². The Morgan fingerprint density at radius 1 is 0.800 bits per heavy atom. The molecule has 0 unspecified atom stereocenters. The summed E-state index contributed by atoms with van der Waals surface area (Å²) in [6.07, 6.45) is 11.7. The molecule has 164 valence electrons. The van der Waals surface area contributed by atoms with E-state index in [-0.39, 0.29) is 0 Å². The standard InChI is InChI=1S/C26H36O4/c1-4-6-7-8-9-10-11-14-19-29-24-18-17-21(5-2)25(26(24)28-3)30-23-16-13-12-15-22(23)20-27/h12-13,15-18,20H,4-11,14,19H2,1-3H3. The van der Waals surface area contributed by atoms with E-state index in [1.807, 2.05) is 24.3 Å². The zero-order valence-corrected chi connectivity index (χ0v) is 18.7. The highest BCUT2D eigenvalue weighted by Gasteiger charge is 2.18. The third kappa shape index (κ3) is 7.08. The molecule has 0 N–H and O–H groups in total. The van der Waals surface area contributed by atoms with Crippen LogP contribution in [0.2, 0.25) is 0 Å². The molecule has 0 saturated carbocycles. The van der Waals surface area contributed by atoms with Gasteiger partial charge in [0.15, 0.2) is 17.8 Å². The maximum Gasteiger partial charge on any atom is 0.204 e. The fraction of sp³-hybridized carbons (Fsp3) is 0.500. The first-order valence-corrected chi connectivity index (χ1v) is 11.3. The van der Waals surface area contributed by atoms with Crippen molar-refractivity contribution in [1.29, 1.82) is 0 Å². The SMILES string of the molecule is CCCCCCCCCCOc1ccc(CC)c(Oc2ccccc2C=O)c1OC. The van der Waals surface area contributed by atoms with Gasteiger partial charge in [-0.25, -0.2) is 0 Å². The van der Waals surface area contributed by atoms with Crippen LogP contribution in [0.15, 0.2) is 36.4 Å². The topological polar surface area (TPSA) is 44.8 Å². The molecule has 4 nitrogen and oxygen atoms in total. The Labute approximate surface area is 181 Å². The summed E-state index contributed by atoms with van der Waals surface area (Å²) < 4.78 is 17.8. The summed E-state index contributed by atoms with van der Waals surface area (Å²) in [6, 6.07) is 11.1. The summed E-state index contributed by atoms with van der Waals surface area (Å²) >= 11 is 0. The van der Waals surface area contributed by atoms with E-state index in [0.717, 1.165) is 24.7 Å². The Balaban J connectivity index is 2.00. The Bertz CT molecular complexity index is 770. The lowest BCUT2D eigenvalue weighted by Crippen LogP contribution is -2.03. The molecule has 0 spiro atoms. The first kappa shape index (κ1) is 23.8. The number of unbranched alkanes of at least 4 members (excludes halogenated alkanes) is 7. The van der Waals surface area contributed by atoms with Crippen LogP contribution in [-0.4, -0.2) is 20.0 Å². The molecule has 30 heavy (non-hydrogen) atoms. The van der Waals surface area contributed by atoms with E-state index in [1.54, 1.807) is 19.2 Å². The Kier molecular flexibility index (Phi) is 10.8. The number of aldehydes is 1. The molecule has 0 aliphatic heterocycles. The summed E-state index contributed by atoms with van der Waals surface area (Å²) in [5.41, 5.74) is 1.51. The van der Waals surface area contributed by atoms with Crippen LogP contribution in [0.25, 0.3) is 0 Å². The van der Waals surface area contributed by atoms with Crippen molar-refractivity contribution in [2.45, 2.75) is 71.6 Å². The largest absolute Gasteiger partial charge is 0.490 e. The molecule has 0 saturated heterocycles. The lowest BCUT2D eigenvalue weighted by Gasteiger charge is -2.18. The van der Waals surface area contributed by atoms with Crippen LogP contribution in [0.3, 0.4) is 0 Å². The molecular weight excluding hydrogens is 376 g/mol. The van der Waals surface area contributed by atoms with Crippen LogP contribution in [0.1, 0.15) is 81.1 Å². The number of ether oxygens (including phenoxy) is 3. The van der Waals surface area contributed by atoms with Crippen molar-refractivity contribution in [2.75, 3.05) is 13.7 Å². The molecule has 0 amide bonds. The summed E-state index contributed by atoms with van der Waals surface area (Å²) in [5, 5.41) is 0. The minimum Gasteiger partial charge on any atom is -0.490 e. The van der Waals surface area contributed by atoms with E-state index in [1.165, 1.54) is 44.9 Å². The van der Waals surface area contributed by atoms with Crippen LogP contribution in [-0.2, 0) is 6.42 Å². The van der Waals surface area contributed by atoms with Crippen molar-refractivity contribution < 1.29 is 19.0 Å². The summed E-state index contributed by atoms with van der Waals surface area (Å²) in [5.74, 6) is 2.38. The van der Waals surface area contributed by atoms with Gasteiger partial charge in [-0.3, -0.25) is 4.79 Å². The van der Waals surface area contributed by atoms with Gasteiger partial charge in [-0.05, 0) is 36.6 Å². The van der Waals surface area contributed by atoms with Crippen molar-refractivity contribution >= 4 is 6.29 Å². The number of hydrogen-bond donors (Lipinski definition) is 0. The van der Waals surface area contributed by atoms with Crippen molar-refractivity contribution in [1.82, 2.24) is 0 Å². The molecule has 0 radical (unpaired) electrons. The lowest BCUT2D eigenvalue weighted by molar-refractivity contribution is 0.112. The number of carbonyl (C=O) groups is 1. The smallest absolute Gasteiger partial charge is 0.204 e. The van der Waals surface area contributed by atoms with E-state index < -0.39 is 0 Å². The van der Waals surface area contributed by atoms with Crippen molar-refractivity contribution in [3.05, 3.63) is 47.5 Å². The molecule has 0 bridgehead atoms. The number of carbonyl (C=O) groups excluding carboxylic acids is 1. The number of benzene rings is 2. The van der Waals surface area contributed by atoms with Gasteiger partial charge in [0.05, 0.1) is 19.3 Å². The first-order valence-electron chi connectivity index (χ1n) is 11.3. The van der Waals surface area contributed by atoms with Crippen LogP contribution >= 0.6 is 0 Å². The van der Waals surface area contributed by atoms with Crippen molar-refractivity contribution in [2.24, 2.45) is 0 Å². The summed E-state index contributed by atoms with van der Waals surface area (Å²) in [7, 11) is 1.62. The van der Waals surface area contributed by atoms with Gasteiger partial charge < -0.3 is 14.2 Å². The molecular formula is C26H36O4. The normalized spacial score (nSPS) is 10.6. The van der Waals surface area contributed by atoms with E-state index in [0.29, 0.717) is 35.2 Å². The van der Waals surface area contributed by atoms with Gasteiger partial charge in [-0.15, -0.1) is 0 Å². The van der Waals surface area contributed by atoms with Gasteiger partial charge in [0, 0.05) is 0 Å². The lowest BCUT2D eigenvalue weighted by atomic mass is 10.1. The fourth-order valence-corrected chi connectivity index (χ4v) is 3.48. The fourth-order valence-electron chi connectivity index (χ4n) is 3.48. The van der Waals surface area contributed by atoms with Gasteiger partial charge >= 0.3 is 0 Å². The van der Waals surface area contributed by atoms with Crippen LogP contribution in [0, 0.1) is 0 Å². The zero-order chi connectivity index (χ0) is 21.6. The van der Waals surface area contributed by atoms with Gasteiger partial charge in [-0.2, -0.15) is 0 Å². The van der Waals surface area contributed by atoms with Crippen LogP contribution in [0.4, 0.5) is 0 Å². The third-order valence-electron chi connectivity index (χ3n) is 5.26. The molecule has 2 rings (SSSR count). The maximum absolute atomic E-state index is 11.4. The zero-order valence-electron chi connectivity index (χ0n) is 18.7. The van der Waals surface area contributed by atoms with E-state index in [4.69, 9.17) is 14.2 Å². The number of rotatable bonds is 15. The highest BCUT2D eigenvalue weighted by molar-refractivity contribution is 5.79. The average Bonchev–Trinajstić information content (AvgIpc) is 2.78. The van der Waals surface area contributed by atoms with Gasteiger partial charge in [0.25, 0.3) is 0 Å². The Morgan fingerprint density at radius 3 is 2.17 bits per heavy atom. The first-order chi connectivity index (χ1) is 14.7. The summed E-state index contributed by atoms with van der Waals surface area (Å²) in [6.45, 7) is 4.96. The molecule has 0 aromatic heterocycles. The molecule has 0 aliphatic carbocycles. The number of para-hydroxylation sites is 1. The molecule has 2 aromatic rings. The summed E-state index contributed by atoms with van der Waals surface area (Å²) in [4.78, 5) is 11.4. The molecule has 4 heteroatoms. The highest BCUT2D eigenvalue weighted by atomic mass is 16.5. The van der Waals surface area contributed by atoms with Crippen LogP contribution < -0.4 is 14.2 Å². The number of hydrogen-bond acceptors (Lipinski definition) is 4. The highest BCUT2D eigenvalue weighted by Crippen LogP contribution is 2.43. The molecule has 0 aliphatic rings. The van der Waals surface area contributed by atoms with Gasteiger partial charge in [-0.1, -0.05) is 77.0 Å². The Hall–Kier alpha value is -2.49. The van der Waals surface area contributed by atoms with E-state index >= 15 is 0 Å². The van der Waals surface area contributed by atoms with Crippen molar-refractivity contribution in [3.8, 4) is 23.0 Å². The number of aryl methyl sites for hydroxylation is 1. The third-order valence-corrected chi connectivity index (χ3v) is 5.26. The second kappa shape index (κ2) is 13.7. The predicted molar refractivity (Wildman–Crippen MR) is 122 cm³/mol. The number of methoxy groups -OCH3 is 1. The monoisotopic (exact) mass is 412 g/mol. The molecule has 0 atom stereocenters. The molecule has 0 fully saturated rings. The second-order valence-electron chi connectivity index (χ2n) is 7.52. The predicted octanol–water partition coefficient (Wildman–Crippen LogP) is 7.38. The maximum atomic E-state index is 11.4.